The molecule has 0 radical (unpaired) electrons. The smallest absolute Gasteiger partial charge is 0.412 e. The van der Waals surface area contributed by atoms with Crippen molar-refractivity contribution in [1.82, 2.24) is 5.32 Å². The summed E-state index contributed by atoms with van der Waals surface area (Å²) in [5, 5.41) is 10.4. The molecule has 1 atom stereocenters. The highest BCUT2D eigenvalue weighted by atomic mass is 19.4. The number of nitrogens with one attached hydrogen (secondary N) is 2. The molecule has 0 bridgehead atoms. The molecule has 35 heavy (non-hydrogen) atoms. The van der Waals surface area contributed by atoms with Gasteiger partial charge in [-0.1, -0.05) is 13.2 Å². The minimum absolute atomic E-state index is 0.121. The summed E-state index contributed by atoms with van der Waals surface area (Å²) >= 11 is 0. The van der Waals surface area contributed by atoms with E-state index in [1.54, 1.807) is 11.9 Å². The molecule has 192 valence electrons. The van der Waals surface area contributed by atoms with Gasteiger partial charge in [0.05, 0.1) is 6.04 Å². The average Bonchev–Trinajstić information content (AvgIpc) is 2.74. The van der Waals surface area contributed by atoms with Gasteiger partial charge in [-0.2, -0.15) is 13.2 Å². The van der Waals surface area contributed by atoms with Crippen LogP contribution in [0.1, 0.15) is 37.2 Å². The van der Waals surface area contributed by atoms with Crippen LogP contribution in [0.3, 0.4) is 0 Å². The molecule has 0 aliphatic carbocycles. The Labute approximate surface area is 200 Å². The van der Waals surface area contributed by atoms with E-state index in [2.05, 4.69) is 23.5 Å². The van der Waals surface area contributed by atoms with Gasteiger partial charge in [0.25, 0.3) is 6.02 Å². The van der Waals surface area contributed by atoms with Gasteiger partial charge in [-0.05, 0) is 25.0 Å². The number of carbonyl (C=O) groups excluding carboxylic acids is 1. The summed E-state index contributed by atoms with van der Waals surface area (Å²) in [5.74, 6) is -2.74. The monoisotopic (exact) mass is 501 g/mol. The minimum atomic E-state index is -4.54. The molecular formula is C23H28F5N5O2. The summed E-state index contributed by atoms with van der Waals surface area (Å²) < 4.78 is 72.0. The van der Waals surface area contributed by atoms with Crippen LogP contribution in [0.4, 0.5) is 27.6 Å². The summed E-state index contributed by atoms with van der Waals surface area (Å²) in [4.78, 5) is 16.4. The van der Waals surface area contributed by atoms with Crippen LogP contribution >= 0.6 is 0 Å². The maximum absolute atomic E-state index is 14.9. The molecule has 0 spiro atoms. The molecule has 0 aromatic heterocycles. The Morgan fingerprint density at radius 2 is 1.91 bits per heavy atom. The fourth-order valence-electron chi connectivity index (χ4n) is 3.53. The fourth-order valence-corrected chi connectivity index (χ4v) is 3.53. The summed E-state index contributed by atoms with van der Waals surface area (Å²) in [5.41, 5.74) is 5.13. The highest BCUT2D eigenvalue weighted by Crippen LogP contribution is 2.34. The maximum atomic E-state index is 14.9. The lowest BCUT2D eigenvalue weighted by Gasteiger charge is -2.39. The van der Waals surface area contributed by atoms with Crippen molar-refractivity contribution in [3.63, 3.8) is 0 Å². The number of allylic oxidation sites excluding steroid dienone is 2. The van der Waals surface area contributed by atoms with Gasteiger partial charge in [-0.25, -0.2) is 13.8 Å². The first-order valence-corrected chi connectivity index (χ1v) is 10.7. The quantitative estimate of drug-likeness (QED) is 0.139. The number of hydrogen-bond donors (Lipinski definition) is 3. The maximum Gasteiger partial charge on any atom is 0.412 e. The number of alkyl halides is 3. The number of likely N-dealkylation sites (N-methyl/N-ethyl adjacent to an activating group) is 1. The number of anilines is 1. The van der Waals surface area contributed by atoms with Crippen molar-refractivity contribution in [1.29, 1.82) is 5.41 Å². The van der Waals surface area contributed by atoms with Crippen molar-refractivity contribution < 1.29 is 31.5 Å². The zero-order valence-corrected chi connectivity index (χ0v) is 19.2. The van der Waals surface area contributed by atoms with Crippen molar-refractivity contribution in [2.24, 2.45) is 10.7 Å². The summed E-state index contributed by atoms with van der Waals surface area (Å²) in [6.45, 7) is 7.22. The normalized spacial score (nSPS) is 15.3. The lowest BCUT2D eigenvalue weighted by Crippen LogP contribution is -2.51. The topological polar surface area (TPSA) is 104 Å². The van der Waals surface area contributed by atoms with Gasteiger partial charge in [-0.15, -0.1) is 0 Å². The molecule has 1 fully saturated rings. The van der Waals surface area contributed by atoms with Crippen LogP contribution < -0.4 is 16.0 Å². The van der Waals surface area contributed by atoms with Crippen LogP contribution in [-0.2, 0) is 9.53 Å². The number of carbonyl (C=O) groups is 1. The predicted molar refractivity (Wildman–Crippen MR) is 123 cm³/mol. The van der Waals surface area contributed by atoms with Gasteiger partial charge in [0.15, 0.2) is 5.90 Å². The molecule has 0 amide bonds. The second-order valence-corrected chi connectivity index (χ2v) is 8.05. The number of nitrogens with zero attached hydrogens (tertiary/aromatic N) is 2. The lowest BCUT2D eigenvalue weighted by molar-refractivity contribution is -0.108. The Morgan fingerprint density at radius 3 is 2.43 bits per heavy atom. The standard InChI is InChI=1S/C23H28F5N5O2/c1-13(23(26,27)28)6-7-20(29)35-22(30)32-15-11-33(12-15)16-9-18(24)21(19(25)10-16)17(5-4-8-34)14(2)31-3/h8-10,15,17,29,31H,1-2,4-7,11-12H2,3H3,(H2,30,32). The van der Waals surface area contributed by atoms with E-state index in [0.29, 0.717) is 12.0 Å². The molecule has 0 saturated carbocycles. The molecule has 1 unspecified atom stereocenters. The van der Waals surface area contributed by atoms with E-state index in [1.807, 2.05) is 0 Å². The molecule has 1 aliphatic rings. The van der Waals surface area contributed by atoms with Crippen LogP contribution in [0, 0.1) is 17.0 Å². The predicted octanol–water partition coefficient (Wildman–Crippen LogP) is 4.16. The molecule has 2 rings (SSSR count). The van der Waals surface area contributed by atoms with Crippen molar-refractivity contribution >= 4 is 23.9 Å². The van der Waals surface area contributed by atoms with E-state index < -0.39 is 41.6 Å². The van der Waals surface area contributed by atoms with E-state index >= 15 is 0 Å². The zero-order chi connectivity index (χ0) is 26.3. The van der Waals surface area contributed by atoms with Crippen LogP contribution in [0.2, 0.25) is 0 Å². The first-order valence-electron chi connectivity index (χ1n) is 10.7. The van der Waals surface area contributed by atoms with Gasteiger partial charge in [-0.3, -0.25) is 5.41 Å². The molecule has 1 aromatic rings. The van der Waals surface area contributed by atoms with Gasteiger partial charge >= 0.3 is 6.18 Å². The third kappa shape index (κ3) is 7.52. The average molecular weight is 502 g/mol. The summed E-state index contributed by atoms with van der Waals surface area (Å²) in [6, 6.07) is 1.62. The van der Waals surface area contributed by atoms with Gasteiger partial charge < -0.3 is 25.5 Å². The van der Waals surface area contributed by atoms with Crippen LogP contribution in [-0.4, -0.2) is 50.6 Å². The zero-order valence-electron chi connectivity index (χ0n) is 19.2. The van der Waals surface area contributed by atoms with Crippen molar-refractivity contribution in [3.8, 4) is 0 Å². The van der Waals surface area contributed by atoms with Crippen LogP contribution in [0.25, 0.3) is 0 Å². The second-order valence-electron chi connectivity index (χ2n) is 8.05. The highest BCUT2D eigenvalue weighted by molar-refractivity contribution is 5.88. The van der Waals surface area contributed by atoms with Gasteiger partial charge in [0, 0.05) is 61.4 Å². The molecule has 1 heterocycles. The number of aldehydes is 1. The first kappa shape index (κ1) is 27.8. The Kier molecular flexibility index (Phi) is 9.38. The van der Waals surface area contributed by atoms with E-state index in [1.165, 1.54) is 12.1 Å². The number of hydrogen-bond acceptors (Lipinski definition) is 6. The van der Waals surface area contributed by atoms with Crippen molar-refractivity contribution in [3.05, 3.63) is 53.8 Å². The van der Waals surface area contributed by atoms with Crippen molar-refractivity contribution in [2.75, 3.05) is 25.0 Å². The molecule has 12 heteroatoms. The van der Waals surface area contributed by atoms with Crippen LogP contribution in [0.15, 0.2) is 41.6 Å². The molecule has 1 saturated heterocycles. The number of amidine groups is 1. The highest BCUT2D eigenvalue weighted by Gasteiger charge is 2.32. The van der Waals surface area contributed by atoms with Gasteiger partial charge in [0.2, 0.25) is 0 Å². The molecule has 1 aliphatic heterocycles. The Bertz CT molecular complexity index is 980. The Hall–Kier alpha value is -3.44. The third-order valence-electron chi connectivity index (χ3n) is 5.55. The number of aliphatic imine (C=N–C) groups is 1. The number of ether oxygens (including phenoxy) is 1. The first-order chi connectivity index (χ1) is 16.4. The second kappa shape index (κ2) is 11.8. The summed E-state index contributed by atoms with van der Waals surface area (Å²) in [7, 11) is 1.58. The molecular weight excluding hydrogens is 473 g/mol. The molecule has 4 N–H and O–H groups in total. The third-order valence-corrected chi connectivity index (χ3v) is 5.55. The molecule has 7 nitrogen and oxygen atoms in total. The van der Waals surface area contributed by atoms with Crippen molar-refractivity contribution in [2.45, 2.75) is 43.8 Å². The van der Waals surface area contributed by atoms with E-state index in [0.717, 1.165) is 0 Å². The Balaban J connectivity index is 1.97. The lowest BCUT2D eigenvalue weighted by atomic mass is 9.90. The number of halogens is 5. The SMILES string of the molecule is C=C(NC)C(CCC=O)c1c(F)cc(N2CC(N=C(N)OC(=N)CCC(=C)C(F)(F)F)C2)cc1F. The molecule has 1 aromatic carbocycles. The van der Waals surface area contributed by atoms with Gasteiger partial charge in [0.1, 0.15) is 17.9 Å². The number of rotatable bonds is 11. The van der Waals surface area contributed by atoms with Crippen LogP contribution in [0.5, 0.6) is 0 Å². The summed E-state index contributed by atoms with van der Waals surface area (Å²) in [6.07, 6.45) is -4.38. The minimum Gasteiger partial charge on any atom is -0.412 e. The number of nitrogens with two attached hydrogens (primary N) is 1. The van der Waals surface area contributed by atoms with E-state index in [4.69, 9.17) is 15.9 Å². The largest absolute Gasteiger partial charge is 0.412 e. The fraction of sp³-hybridized carbons (Fsp3) is 0.435. The van der Waals surface area contributed by atoms with E-state index in [-0.39, 0.29) is 55.7 Å². The Morgan fingerprint density at radius 1 is 1.31 bits per heavy atom. The number of benzene rings is 1. The van der Waals surface area contributed by atoms with E-state index in [9.17, 15) is 26.7 Å².